The number of phenols is 2. The number of carbonyl (C=O) groups is 1. The van der Waals surface area contributed by atoms with Gasteiger partial charge in [-0.25, -0.2) is 0 Å². The number of amides is 1. The molecule has 1 heterocycles. The van der Waals surface area contributed by atoms with Crippen molar-refractivity contribution in [3.8, 4) is 11.5 Å². The van der Waals surface area contributed by atoms with Crippen molar-refractivity contribution in [2.75, 3.05) is 0 Å². The molecular weight excluding hydrogens is 234 g/mol. The lowest BCUT2D eigenvalue weighted by Crippen LogP contribution is -2.24. The molecular formula is C12H13N3O3. The molecule has 1 aromatic carbocycles. The van der Waals surface area contributed by atoms with Gasteiger partial charge in [-0.15, -0.1) is 0 Å². The largest absolute Gasteiger partial charge is 0.508 e. The molecule has 0 unspecified atom stereocenters. The standard InChI is InChI=1S/C12H13N3O3/c1-15-8(4-5-14-15)7-13-12(18)10-6-9(16)2-3-11(10)17/h2-6,16-17H,7H2,1H3,(H,13,18). The number of hydrogen-bond acceptors (Lipinski definition) is 4. The van der Waals surface area contributed by atoms with Gasteiger partial charge in [0.1, 0.15) is 11.5 Å². The van der Waals surface area contributed by atoms with Gasteiger partial charge in [0.15, 0.2) is 0 Å². The summed E-state index contributed by atoms with van der Waals surface area (Å²) < 4.78 is 1.64. The van der Waals surface area contributed by atoms with Crippen molar-refractivity contribution < 1.29 is 15.0 Å². The predicted octanol–water partition coefficient (Wildman–Crippen LogP) is 0.761. The predicted molar refractivity (Wildman–Crippen MR) is 64.1 cm³/mol. The SMILES string of the molecule is Cn1nccc1CNC(=O)c1cc(O)ccc1O. The molecule has 1 aromatic heterocycles. The van der Waals surface area contributed by atoms with E-state index in [9.17, 15) is 15.0 Å². The maximum atomic E-state index is 11.8. The lowest BCUT2D eigenvalue weighted by molar-refractivity contribution is 0.0947. The van der Waals surface area contributed by atoms with Crippen LogP contribution in [0.25, 0.3) is 0 Å². The van der Waals surface area contributed by atoms with Crippen molar-refractivity contribution in [1.29, 1.82) is 0 Å². The molecule has 0 aliphatic rings. The summed E-state index contributed by atoms with van der Waals surface area (Å²) in [6.07, 6.45) is 1.63. The topological polar surface area (TPSA) is 87.4 Å². The molecule has 94 valence electrons. The van der Waals surface area contributed by atoms with E-state index in [1.54, 1.807) is 24.0 Å². The van der Waals surface area contributed by atoms with E-state index in [0.717, 1.165) is 5.69 Å². The fourth-order valence-electron chi connectivity index (χ4n) is 1.55. The normalized spacial score (nSPS) is 10.3. The Kier molecular flexibility index (Phi) is 3.18. The number of nitrogens with zero attached hydrogens (tertiary/aromatic N) is 2. The van der Waals surface area contributed by atoms with Gasteiger partial charge in [-0.05, 0) is 24.3 Å². The maximum absolute atomic E-state index is 11.8. The van der Waals surface area contributed by atoms with E-state index < -0.39 is 5.91 Å². The Bertz CT molecular complexity index is 578. The molecule has 0 radical (unpaired) electrons. The highest BCUT2D eigenvalue weighted by Crippen LogP contribution is 2.21. The second-order valence-corrected chi connectivity index (χ2v) is 3.83. The van der Waals surface area contributed by atoms with Crippen LogP contribution in [-0.2, 0) is 13.6 Å². The van der Waals surface area contributed by atoms with Crippen LogP contribution in [-0.4, -0.2) is 25.9 Å². The zero-order valence-electron chi connectivity index (χ0n) is 9.79. The monoisotopic (exact) mass is 247 g/mol. The van der Waals surface area contributed by atoms with E-state index in [-0.39, 0.29) is 17.1 Å². The molecule has 3 N–H and O–H groups in total. The second-order valence-electron chi connectivity index (χ2n) is 3.83. The van der Waals surface area contributed by atoms with E-state index in [1.807, 2.05) is 0 Å². The summed E-state index contributed by atoms with van der Waals surface area (Å²) in [6.45, 7) is 0.296. The van der Waals surface area contributed by atoms with Crippen LogP contribution >= 0.6 is 0 Å². The summed E-state index contributed by atoms with van der Waals surface area (Å²) in [4.78, 5) is 11.8. The Balaban J connectivity index is 2.08. The first-order valence-corrected chi connectivity index (χ1v) is 5.35. The summed E-state index contributed by atoms with van der Waals surface area (Å²) >= 11 is 0. The molecule has 6 heteroatoms. The summed E-state index contributed by atoms with van der Waals surface area (Å²) in [7, 11) is 1.77. The molecule has 0 saturated carbocycles. The number of aromatic hydroxyl groups is 2. The van der Waals surface area contributed by atoms with Gasteiger partial charge in [-0.3, -0.25) is 9.48 Å². The average Bonchev–Trinajstić information content (AvgIpc) is 2.75. The van der Waals surface area contributed by atoms with Crippen LogP contribution in [0.4, 0.5) is 0 Å². The molecule has 6 nitrogen and oxygen atoms in total. The lowest BCUT2D eigenvalue weighted by Gasteiger charge is -2.07. The lowest BCUT2D eigenvalue weighted by atomic mass is 10.1. The van der Waals surface area contributed by atoms with E-state index in [0.29, 0.717) is 6.54 Å². The fourth-order valence-corrected chi connectivity index (χ4v) is 1.55. The minimum atomic E-state index is -0.454. The van der Waals surface area contributed by atoms with Gasteiger partial charge in [0.25, 0.3) is 5.91 Å². The first-order chi connectivity index (χ1) is 8.58. The molecule has 0 saturated heterocycles. The Morgan fingerprint density at radius 3 is 2.83 bits per heavy atom. The molecule has 0 spiro atoms. The first-order valence-electron chi connectivity index (χ1n) is 5.35. The fraction of sp³-hybridized carbons (Fsp3) is 0.167. The van der Waals surface area contributed by atoms with Crippen LogP contribution in [0.1, 0.15) is 16.1 Å². The quantitative estimate of drug-likeness (QED) is 0.699. The molecule has 0 fully saturated rings. The van der Waals surface area contributed by atoms with Gasteiger partial charge in [0.2, 0.25) is 0 Å². The van der Waals surface area contributed by atoms with Gasteiger partial charge in [0, 0.05) is 13.2 Å². The molecule has 18 heavy (non-hydrogen) atoms. The van der Waals surface area contributed by atoms with Gasteiger partial charge < -0.3 is 15.5 Å². The number of phenolic OH excluding ortho intramolecular Hbond substituents is 2. The van der Waals surface area contributed by atoms with Gasteiger partial charge in [-0.2, -0.15) is 5.10 Å². The number of carbonyl (C=O) groups excluding carboxylic acids is 1. The Morgan fingerprint density at radius 2 is 2.17 bits per heavy atom. The highest BCUT2D eigenvalue weighted by atomic mass is 16.3. The second kappa shape index (κ2) is 4.79. The molecule has 2 aromatic rings. The zero-order valence-corrected chi connectivity index (χ0v) is 9.79. The third-order valence-electron chi connectivity index (χ3n) is 2.58. The van der Waals surface area contributed by atoms with Crippen LogP contribution < -0.4 is 5.32 Å². The van der Waals surface area contributed by atoms with Crippen molar-refractivity contribution in [2.45, 2.75) is 6.54 Å². The molecule has 1 amide bonds. The summed E-state index contributed by atoms with van der Waals surface area (Å²) in [6, 6.07) is 5.58. The Morgan fingerprint density at radius 1 is 1.39 bits per heavy atom. The van der Waals surface area contributed by atoms with E-state index in [2.05, 4.69) is 10.4 Å². The summed E-state index contributed by atoms with van der Waals surface area (Å²) in [5, 5.41) is 25.4. The van der Waals surface area contributed by atoms with Crippen LogP contribution in [0.3, 0.4) is 0 Å². The van der Waals surface area contributed by atoms with Gasteiger partial charge in [-0.1, -0.05) is 0 Å². The molecule has 0 atom stereocenters. The molecule has 0 aliphatic carbocycles. The smallest absolute Gasteiger partial charge is 0.255 e. The number of aryl methyl sites for hydroxylation is 1. The minimum Gasteiger partial charge on any atom is -0.508 e. The number of hydrogen-bond donors (Lipinski definition) is 3. The van der Waals surface area contributed by atoms with Crippen LogP contribution in [0.2, 0.25) is 0 Å². The van der Waals surface area contributed by atoms with Crippen molar-refractivity contribution >= 4 is 5.91 Å². The van der Waals surface area contributed by atoms with Crippen LogP contribution in [0, 0.1) is 0 Å². The van der Waals surface area contributed by atoms with Crippen molar-refractivity contribution in [2.24, 2.45) is 7.05 Å². The maximum Gasteiger partial charge on any atom is 0.255 e. The first kappa shape index (κ1) is 12.0. The minimum absolute atomic E-state index is 0.0390. The zero-order chi connectivity index (χ0) is 13.1. The van der Waals surface area contributed by atoms with E-state index >= 15 is 0 Å². The number of nitrogens with one attached hydrogen (secondary N) is 1. The third-order valence-corrected chi connectivity index (χ3v) is 2.58. The third kappa shape index (κ3) is 2.42. The molecule has 2 rings (SSSR count). The number of aromatic nitrogens is 2. The van der Waals surface area contributed by atoms with Crippen molar-refractivity contribution in [3.63, 3.8) is 0 Å². The highest BCUT2D eigenvalue weighted by Gasteiger charge is 2.12. The Labute approximate surface area is 103 Å². The van der Waals surface area contributed by atoms with E-state index in [1.165, 1.54) is 18.2 Å². The number of benzene rings is 1. The summed E-state index contributed by atoms with van der Waals surface area (Å²) in [5.74, 6) is -0.696. The van der Waals surface area contributed by atoms with Crippen LogP contribution in [0.5, 0.6) is 11.5 Å². The summed E-state index contributed by atoms with van der Waals surface area (Å²) in [5.41, 5.74) is 0.875. The van der Waals surface area contributed by atoms with Crippen LogP contribution in [0.15, 0.2) is 30.5 Å². The van der Waals surface area contributed by atoms with Crippen molar-refractivity contribution in [3.05, 3.63) is 41.7 Å². The number of rotatable bonds is 3. The highest BCUT2D eigenvalue weighted by molar-refractivity contribution is 5.97. The van der Waals surface area contributed by atoms with Gasteiger partial charge in [0.05, 0.1) is 17.8 Å². The van der Waals surface area contributed by atoms with Crippen molar-refractivity contribution in [1.82, 2.24) is 15.1 Å². The Hall–Kier alpha value is -2.50. The average molecular weight is 247 g/mol. The van der Waals surface area contributed by atoms with Gasteiger partial charge >= 0.3 is 0 Å². The molecule has 0 bridgehead atoms. The van der Waals surface area contributed by atoms with E-state index in [4.69, 9.17) is 0 Å². The molecule has 0 aliphatic heterocycles.